The monoisotopic (exact) mass is 578 g/mol. The number of rotatable bonds is 18. The third kappa shape index (κ3) is 9.67. The summed E-state index contributed by atoms with van der Waals surface area (Å²) in [4.78, 5) is 0. The highest BCUT2D eigenvalue weighted by molar-refractivity contribution is 7.49. The Kier molecular flexibility index (Phi) is 13.3. The molecule has 0 unspecified atom stereocenters. The van der Waals surface area contributed by atoms with Gasteiger partial charge < -0.3 is 13.6 Å². The van der Waals surface area contributed by atoms with Gasteiger partial charge in [-0.05, 0) is 109 Å². The predicted octanol–water partition coefficient (Wildman–Crippen LogP) is 11.0. The second-order valence-corrected chi connectivity index (χ2v) is 12.4. The van der Waals surface area contributed by atoms with Gasteiger partial charge >= 0.3 is 7.82 Å². The molecule has 0 aliphatic heterocycles. The Hall–Kier alpha value is -2.71. The molecule has 0 bridgehead atoms. The lowest BCUT2D eigenvalue weighted by Crippen LogP contribution is -2.11. The van der Waals surface area contributed by atoms with Crippen molar-refractivity contribution in [1.29, 1.82) is 0 Å². The molecule has 0 aromatic heterocycles. The standard InChI is InChI=1S/C36H51O4P/c1-7-13-16-31-25-28(10-4)19-22-34(31)38-41(37,39-35-23-20-29(11-5)26-32(35)17-14-8-2)40-36-24-21-30(12-6)27-33(36)18-15-9-3/h19-27H,7-18H2,1-6H3. The summed E-state index contributed by atoms with van der Waals surface area (Å²) in [5.74, 6) is 1.71. The first-order valence-electron chi connectivity index (χ1n) is 15.9. The highest BCUT2D eigenvalue weighted by Gasteiger charge is 2.35. The SMILES string of the molecule is CCCCc1cc(CC)ccc1OP(=O)(Oc1ccc(CC)cc1CCCC)Oc1ccc(CC)cc1CCCC. The Morgan fingerprint density at radius 2 is 0.780 bits per heavy atom. The maximum absolute atomic E-state index is 14.8. The topological polar surface area (TPSA) is 44.8 Å². The van der Waals surface area contributed by atoms with E-state index in [-0.39, 0.29) is 0 Å². The molecule has 4 nitrogen and oxygen atoms in total. The number of unbranched alkanes of at least 4 members (excludes halogenated alkanes) is 3. The Balaban J connectivity index is 2.09. The van der Waals surface area contributed by atoms with E-state index in [1.807, 2.05) is 36.4 Å². The van der Waals surface area contributed by atoms with Crippen molar-refractivity contribution in [3.05, 3.63) is 88.0 Å². The highest BCUT2D eigenvalue weighted by atomic mass is 31.2. The Bertz CT molecular complexity index is 1130. The highest BCUT2D eigenvalue weighted by Crippen LogP contribution is 2.52. The van der Waals surface area contributed by atoms with E-state index in [0.717, 1.165) is 93.7 Å². The van der Waals surface area contributed by atoms with Crippen LogP contribution in [-0.2, 0) is 43.1 Å². The summed E-state index contributed by atoms with van der Waals surface area (Å²) in [6.07, 6.45) is 11.6. The average molecular weight is 579 g/mol. The lowest BCUT2D eigenvalue weighted by molar-refractivity contribution is 0.295. The second-order valence-electron chi connectivity index (χ2n) is 10.9. The van der Waals surface area contributed by atoms with Crippen LogP contribution in [0.25, 0.3) is 0 Å². The van der Waals surface area contributed by atoms with E-state index >= 15 is 0 Å². The maximum Gasteiger partial charge on any atom is 0.647 e. The Labute approximate surface area is 249 Å². The van der Waals surface area contributed by atoms with Crippen LogP contribution >= 0.6 is 7.82 Å². The molecule has 0 aliphatic rings. The van der Waals surface area contributed by atoms with Gasteiger partial charge in [0.25, 0.3) is 0 Å². The van der Waals surface area contributed by atoms with E-state index in [4.69, 9.17) is 13.6 Å². The van der Waals surface area contributed by atoms with Crippen LogP contribution in [0.15, 0.2) is 54.6 Å². The van der Waals surface area contributed by atoms with Crippen LogP contribution in [0, 0.1) is 0 Å². The minimum Gasteiger partial charge on any atom is -0.386 e. The average Bonchev–Trinajstić information content (AvgIpc) is 2.99. The molecule has 0 amide bonds. The number of hydrogen-bond acceptors (Lipinski definition) is 4. The van der Waals surface area contributed by atoms with Crippen LogP contribution < -0.4 is 13.6 Å². The first-order chi connectivity index (χ1) is 19.9. The van der Waals surface area contributed by atoms with E-state index in [1.165, 1.54) is 16.7 Å². The zero-order valence-electron chi connectivity index (χ0n) is 26.3. The number of benzene rings is 3. The van der Waals surface area contributed by atoms with Gasteiger partial charge in [0.05, 0.1) is 0 Å². The van der Waals surface area contributed by atoms with Crippen LogP contribution in [0.4, 0.5) is 0 Å². The van der Waals surface area contributed by atoms with Crippen molar-refractivity contribution in [2.24, 2.45) is 0 Å². The van der Waals surface area contributed by atoms with Crippen molar-refractivity contribution in [3.8, 4) is 17.2 Å². The fourth-order valence-corrected chi connectivity index (χ4v) is 6.30. The lowest BCUT2D eigenvalue weighted by Gasteiger charge is -2.24. The summed E-state index contributed by atoms with van der Waals surface area (Å²) < 4.78 is 33.9. The van der Waals surface area contributed by atoms with Gasteiger partial charge in [-0.2, -0.15) is 4.57 Å². The molecule has 0 N–H and O–H groups in total. The molecule has 3 rings (SSSR count). The summed E-state index contributed by atoms with van der Waals surface area (Å²) >= 11 is 0. The number of aryl methyl sites for hydroxylation is 6. The fraction of sp³-hybridized carbons (Fsp3) is 0.500. The number of phosphoric ester groups is 1. The third-order valence-electron chi connectivity index (χ3n) is 7.63. The molecule has 0 heterocycles. The van der Waals surface area contributed by atoms with Gasteiger partial charge in [-0.25, -0.2) is 0 Å². The molecular formula is C36H51O4P. The van der Waals surface area contributed by atoms with Crippen LogP contribution in [-0.4, -0.2) is 0 Å². The van der Waals surface area contributed by atoms with Crippen LogP contribution in [0.1, 0.15) is 113 Å². The Morgan fingerprint density at radius 3 is 1.02 bits per heavy atom. The summed E-state index contributed by atoms with van der Waals surface area (Å²) in [7, 11) is -4.13. The quantitative estimate of drug-likeness (QED) is 0.141. The minimum absolute atomic E-state index is 0.569. The van der Waals surface area contributed by atoms with E-state index in [1.54, 1.807) is 0 Å². The van der Waals surface area contributed by atoms with Gasteiger partial charge in [0, 0.05) is 0 Å². The van der Waals surface area contributed by atoms with E-state index in [9.17, 15) is 4.57 Å². The molecule has 41 heavy (non-hydrogen) atoms. The molecule has 0 saturated heterocycles. The molecule has 0 fully saturated rings. The van der Waals surface area contributed by atoms with Crippen molar-refractivity contribution in [1.82, 2.24) is 0 Å². The molecule has 3 aromatic rings. The second kappa shape index (κ2) is 16.7. The van der Waals surface area contributed by atoms with Gasteiger partial charge in [-0.15, -0.1) is 0 Å². The number of hydrogen-bond donors (Lipinski definition) is 0. The predicted molar refractivity (Wildman–Crippen MR) is 173 cm³/mol. The van der Waals surface area contributed by atoms with E-state index < -0.39 is 7.82 Å². The molecule has 0 aliphatic carbocycles. The summed E-state index contributed by atoms with van der Waals surface area (Å²) in [6, 6.07) is 18.4. The van der Waals surface area contributed by atoms with Gasteiger partial charge in [0.1, 0.15) is 17.2 Å². The lowest BCUT2D eigenvalue weighted by atomic mass is 10.0. The minimum atomic E-state index is -4.13. The molecule has 3 aromatic carbocycles. The zero-order chi connectivity index (χ0) is 29.7. The van der Waals surface area contributed by atoms with Gasteiger partial charge in [-0.1, -0.05) is 97.2 Å². The summed E-state index contributed by atoms with van der Waals surface area (Å²) in [5, 5.41) is 0. The van der Waals surface area contributed by atoms with Crippen molar-refractivity contribution in [2.75, 3.05) is 0 Å². The van der Waals surface area contributed by atoms with Crippen molar-refractivity contribution in [3.63, 3.8) is 0 Å². The Morgan fingerprint density at radius 1 is 0.488 bits per heavy atom. The molecule has 0 radical (unpaired) electrons. The van der Waals surface area contributed by atoms with Crippen molar-refractivity contribution in [2.45, 2.75) is 119 Å². The van der Waals surface area contributed by atoms with E-state index in [2.05, 4.69) is 59.7 Å². The van der Waals surface area contributed by atoms with Crippen LogP contribution in [0.3, 0.4) is 0 Å². The third-order valence-corrected chi connectivity index (χ3v) is 8.89. The summed E-state index contributed by atoms with van der Waals surface area (Å²) in [6.45, 7) is 13.0. The number of phosphoric acid groups is 1. The molecule has 5 heteroatoms. The maximum atomic E-state index is 14.8. The zero-order valence-corrected chi connectivity index (χ0v) is 27.2. The molecule has 0 spiro atoms. The molecular weight excluding hydrogens is 527 g/mol. The first kappa shape index (κ1) is 32.8. The van der Waals surface area contributed by atoms with Gasteiger partial charge in [0.15, 0.2) is 0 Å². The van der Waals surface area contributed by atoms with Crippen molar-refractivity contribution < 1.29 is 18.1 Å². The van der Waals surface area contributed by atoms with E-state index in [0.29, 0.717) is 17.2 Å². The van der Waals surface area contributed by atoms with Crippen LogP contribution in [0.2, 0.25) is 0 Å². The summed E-state index contributed by atoms with van der Waals surface area (Å²) in [5.41, 5.74) is 6.81. The van der Waals surface area contributed by atoms with Gasteiger partial charge in [-0.3, -0.25) is 0 Å². The largest absolute Gasteiger partial charge is 0.647 e. The first-order valence-corrected chi connectivity index (χ1v) is 17.4. The molecule has 0 saturated carbocycles. The van der Waals surface area contributed by atoms with Crippen LogP contribution in [0.5, 0.6) is 17.2 Å². The molecule has 224 valence electrons. The normalized spacial score (nSPS) is 11.5. The van der Waals surface area contributed by atoms with Gasteiger partial charge in [0.2, 0.25) is 0 Å². The smallest absolute Gasteiger partial charge is 0.386 e. The van der Waals surface area contributed by atoms with Crippen molar-refractivity contribution >= 4 is 7.82 Å². The fourth-order valence-electron chi connectivity index (χ4n) is 4.93. The molecule has 0 atom stereocenters.